The second kappa shape index (κ2) is 4.78. The third-order valence-corrected chi connectivity index (χ3v) is 2.97. The van der Waals surface area contributed by atoms with Crippen LogP contribution in [0.2, 0.25) is 0 Å². The first-order valence-corrected chi connectivity index (χ1v) is 5.84. The molecule has 0 spiro atoms. The van der Waals surface area contributed by atoms with Gasteiger partial charge >= 0.3 is 5.97 Å². The molecular weight excluding hydrogens is 230 g/mol. The fourth-order valence-corrected chi connectivity index (χ4v) is 2.02. The summed E-state index contributed by atoms with van der Waals surface area (Å²) in [6, 6.07) is 5.27. The molecule has 1 heterocycles. The van der Waals surface area contributed by atoms with Gasteiger partial charge in [-0.3, -0.25) is 0 Å². The molecule has 2 rings (SSSR count). The number of aromatic nitrogens is 2. The summed E-state index contributed by atoms with van der Waals surface area (Å²) in [6.45, 7) is 3.60. The minimum Gasteiger partial charge on any atom is -0.478 e. The number of aromatic carboxylic acids is 1. The summed E-state index contributed by atoms with van der Waals surface area (Å²) in [7, 11) is 4.02. The van der Waals surface area contributed by atoms with Crippen molar-refractivity contribution in [2.75, 3.05) is 20.6 Å². The number of carboxylic acid groups (broad SMARTS) is 1. The average molecular weight is 247 g/mol. The minimum absolute atomic E-state index is 0.263. The van der Waals surface area contributed by atoms with E-state index in [0.717, 1.165) is 24.4 Å². The van der Waals surface area contributed by atoms with Crippen molar-refractivity contribution in [3.8, 4) is 0 Å². The Hall–Kier alpha value is -1.88. The Morgan fingerprint density at radius 1 is 1.44 bits per heavy atom. The Balaban J connectivity index is 2.51. The Morgan fingerprint density at radius 2 is 2.17 bits per heavy atom. The van der Waals surface area contributed by atoms with Crippen molar-refractivity contribution in [1.29, 1.82) is 0 Å². The third kappa shape index (κ3) is 2.22. The summed E-state index contributed by atoms with van der Waals surface area (Å²) in [4.78, 5) is 17.6. The summed E-state index contributed by atoms with van der Waals surface area (Å²) in [6.07, 6.45) is 0. The van der Waals surface area contributed by atoms with Crippen LogP contribution in [0.25, 0.3) is 11.0 Å². The fourth-order valence-electron chi connectivity index (χ4n) is 2.02. The van der Waals surface area contributed by atoms with Gasteiger partial charge in [-0.1, -0.05) is 6.07 Å². The van der Waals surface area contributed by atoms with Crippen LogP contribution >= 0.6 is 0 Å². The molecule has 0 fully saturated rings. The normalized spacial score (nSPS) is 11.3. The van der Waals surface area contributed by atoms with Crippen LogP contribution in [-0.4, -0.2) is 46.2 Å². The largest absolute Gasteiger partial charge is 0.478 e. The molecule has 2 aromatic rings. The molecule has 0 atom stereocenters. The highest BCUT2D eigenvalue weighted by atomic mass is 16.4. The highest BCUT2D eigenvalue weighted by molar-refractivity contribution is 6.01. The molecule has 0 aliphatic heterocycles. The minimum atomic E-state index is -0.933. The van der Waals surface area contributed by atoms with E-state index in [2.05, 4.69) is 14.5 Å². The van der Waals surface area contributed by atoms with E-state index in [1.165, 1.54) is 0 Å². The molecule has 96 valence electrons. The van der Waals surface area contributed by atoms with Crippen LogP contribution in [0.15, 0.2) is 18.2 Å². The van der Waals surface area contributed by atoms with Gasteiger partial charge in [0, 0.05) is 13.1 Å². The Bertz CT molecular complexity index is 587. The molecule has 0 amide bonds. The number of hydrogen-bond donors (Lipinski definition) is 1. The van der Waals surface area contributed by atoms with Gasteiger partial charge in [-0.05, 0) is 33.2 Å². The van der Waals surface area contributed by atoms with Crippen molar-refractivity contribution >= 4 is 17.0 Å². The molecular formula is C13H17N3O2. The van der Waals surface area contributed by atoms with Gasteiger partial charge in [0.25, 0.3) is 0 Å². The number of likely N-dealkylation sites (N-methyl/N-ethyl adjacent to an activating group) is 1. The zero-order valence-corrected chi connectivity index (χ0v) is 10.8. The molecule has 0 bridgehead atoms. The SMILES string of the molecule is Cc1nc2c(C(=O)O)cccc2n1CCN(C)C. The van der Waals surface area contributed by atoms with E-state index in [1.807, 2.05) is 27.1 Å². The highest BCUT2D eigenvalue weighted by Crippen LogP contribution is 2.20. The van der Waals surface area contributed by atoms with Gasteiger partial charge in [-0.15, -0.1) is 0 Å². The van der Waals surface area contributed by atoms with Gasteiger partial charge in [0.2, 0.25) is 0 Å². The topological polar surface area (TPSA) is 58.4 Å². The van der Waals surface area contributed by atoms with Crippen LogP contribution in [0.4, 0.5) is 0 Å². The van der Waals surface area contributed by atoms with E-state index in [0.29, 0.717) is 5.52 Å². The Labute approximate surface area is 106 Å². The first-order chi connectivity index (χ1) is 8.50. The number of fused-ring (bicyclic) bond motifs is 1. The van der Waals surface area contributed by atoms with E-state index in [9.17, 15) is 4.79 Å². The summed E-state index contributed by atoms with van der Waals surface area (Å²) in [5.41, 5.74) is 1.72. The predicted octanol–water partition coefficient (Wildman–Crippen LogP) is 1.60. The van der Waals surface area contributed by atoms with Crippen LogP contribution in [0.3, 0.4) is 0 Å². The number of hydrogen-bond acceptors (Lipinski definition) is 3. The number of imidazole rings is 1. The van der Waals surface area contributed by atoms with Gasteiger partial charge in [0.15, 0.2) is 0 Å². The van der Waals surface area contributed by atoms with Gasteiger partial charge in [-0.25, -0.2) is 9.78 Å². The average Bonchev–Trinajstić information content (AvgIpc) is 2.61. The summed E-state index contributed by atoms with van der Waals surface area (Å²) < 4.78 is 2.06. The monoisotopic (exact) mass is 247 g/mol. The van der Waals surface area contributed by atoms with Gasteiger partial charge in [0.1, 0.15) is 11.3 Å². The Morgan fingerprint density at radius 3 is 2.78 bits per heavy atom. The maximum atomic E-state index is 11.1. The lowest BCUT2D eigenvalue weighted by atomic mass is 10.2. The van der Waals surface area contributed by atoms with E-state index in [-0.39, 0.29) is 5.56 Å². The standard InChI is InChI=1S/C13H17N3O2/c1-9-14-12-10(13(17)18)5-4-6-11(12)16(9)8-7-15(2)3/h4-6H,7-8H2,1-3H3,(H,17,18). The van der Waals surface area contributed by atoms with Crippen molar-refractivity contribution in [2.24, 2.45) is 0 Å². The van der Waals surface area contributed by atoms with E-state index in [1.54, 1.807) is 12.1 Å². The molecule has 0 saturated carbocycles. The number of para-hydroxylation sites is 1. The molecule has 18 heavy (non-hydrogen) atoms. The maximum absolute atomic E-state index is 11.1. The van der Waals surface area contributed by atoms with Crippen LogP contribution in [0.1, 0.15) is 16.2 Å². The molecule has 5 nitrogen and oxygen atoms in total. The maximum Gasteiger partial charge on any atom is 0.337 e. The molecule has 0 unspecified atom stereocenters. The van der Waals surface area contributed by atoms with Gasteiger partial charge in [0.05, 0.1) is 11.1 Å². The molecule has 0 saturated heterocycles. The second-order valence-corrected chi connectivity index (χ2v) is 4.59. The number of carbonyl (C=O) groups is 1. The number of carboxylic acids is 1. The van der Waals surface area contributed by atoms with E-state index in [4.69, 9.17) is 5.11 Å². The van der Waals surface area contributed by atoms with Crippen LogP contribution in [0.5, 0.6) is 0 Å². The first kappa shape index (κ1) is 12.6. The van der Waals surface area contributed by atoms with Crippen molar-refractivity contribution in [1.82, 2.24) is 14.5 Å². The molecule has 0 aliphatic rings. The second-order valence-electron chi connectivity index (χ2n) is 4.59. The zero-order chi connectivity index (χ0) is 13.3. The van der Waals surface area contributed by atoms with E-state index >= 15 is 0 Å². The quantitative estimate of drug-likeness (QED) is 0.891. The van der Waals surface area contributed by atoms with Crippen molar-refractivity contribution < 1.29 is 9.90 Å². The molecule has 1 N–H and O–H groups in total. The summed E-state index contributed by atoms with van der Waals surface area (Å²) in [5.74, 6) is -0.0848. The molecule has 1 aromatic carbocycles. The van der Waals surface area contributed by atoms with E-state index < -0.39 is 5.97 Å². The summed E-state index contributed by atoms with van der Waals surface area (Å²) in [5, 5.41) is 9.14. The lowest BCUT2D eigenvalue weighted by molar-refractivity contribution is 0.0699. The van der Waals surface area contributed by atoms with Crippen LogP contribution < -0.4 is 0 Å². The number of aryl methyl sites for hydroxylation is 1. The van der Waals surface area contributed by atoms with Crippen molar-refractivity contribution in [3.63, 3.8) is 0 Å². The molecule has 0 radical (unpaired) electrons. The van der Waals surface area contributed by atoms with Gasteiger partial charge < -0.3 is 14.6 Å². The van der Waals surface area contributed by atoms with Gasteiger partial charge in [-0.2, -0.15) is 0 Å². The Kier molecular flexibility index (Phi) is 3.34. The fraction of sp³-hybridized carbons (Fsp3) is 0.385. The number of nitrogens with zero attached hydrogens (tertiary/aromatic N) is 3. The lowest BCUT2D eigenvalue weighted by Crippen LogP contribution is -2.18. The van der Waals surface area contributed by atoms with Crippen LogP contribution in [0, 0.1) is 6.92 Å². The smallest absolute Gasteiger partial charge is 0.337 e. The van der Waals surface area contributed by atoms with Crippen LogP contribution in [-0.2, 0) is 6.54 Å². The molecule has 0 aliphatic carbocycles. The van der Waals surface area contributed by atoms with Crippen molar-refractivity contribution in [3.05, 3.63) is 29.6 Å². The first-order valence-electron chi connectivity index (χ1n) is 5.84. The predicted molar refractivity (Wildman–Crippen MR) is 70.0 cm³/mol. The lowest BCUT2D eigenvalue weighted by Gasteiger charge is -2.12. The summed E-state index contributed by atoms with van der Waals surface area (Å²) >= 11 is 0. The third-order valence-electron chi connectivity index (χ3n) is 2.97. The van der Waals surface area contributed by atoms with Crippen molar-refractivity contribution in [2.45, 2.75) is 13.5 Å². The number of benzene rings is 1. The number of rotatable bonds is 4. The zero-order valence-electron chi connectivity index (χ0n) is 10.8. The highest BCUT2D eigenvalue weighted by Gasteiger charge is 2.14. The molecule has 1 aromatic heterocycles. The molecule has 5 heteroatoms.